The maximum Gasteiger partial charge on any atom is 0.125 e. The SMILES string of the molecule is COc1ccc2nc3cc(Cl)ccc3c(NCCCCCCNc3ccccn3)c2c1. The van der Waals surface area contributed by atoms with E-state index in [1.165, 1.54) is 12.8 Å². The van der Waals surface area contributed by atoms with Crippen molar-refractivity contribution in [3.8, 4) is 5.75 Å². The van der Waals surface area contributed by atoms with Crippen molar-refractivity contribution in [2.75, 3.05) is 30.8 Å². The zero-order chi connectivity index (χ0) is 21.5. The fourth-order valence-corrected chi connectivity index (χ4v) is 3.88. The lowest BCUT2D eigenvalue weighted by molar-refractivity contribution is 0.415. The Balaban J connectivity index is 1.36. The molecule has 4 rings (SSSR count). The van der Waals surface area contributed by atoms with Gasteiger partial charge >= 0.3 is 0 Å². The van der Waals surface area contributed by atoms with Crippen LogP contribution in [0.2, 0.25) is 5.02 Å². The summed E-state index contributed by atoms with van der Waals surface area (Å²) in [5.41, 5.74) is 2.92. The molecule has 2 N–H and O–H groups in total. The largest absolute Gasteiger partial charge is 0.497 e. The minimum absolute atomic E-state index is 0.693. The monoisotopic (exact) mass is 434 g/mol. The second-order valence-electron chi connectivity index (χ2n) is 7.51. The highest BCUT2D eigenvalue weighted by molar-refractivity contribution is 6.31. The average Bonchev–Trinajstić information content (AvgIpc) is 2.80. The van der Waals surface area contributed by atoms with E-state index < -0.39 is 0 Å². The first kappa shape index (κ1) is 21.2. The molecule has 0 saturated carbocycles. The lowest BCUT2D eigenvalue weighted by Gasteiger charge is -2.14. The predicted octanol–water partition coefficient (Wildman–Crippen LogP) is 6.53. The molecule has 6 heteroatoms. The van der Waals surface area contributed by atoms with Crippen LogP contribution in [0.4, 0.5) is 11.5 Å². The van der Waals surface area contributed by atoms with E-state index in [1.54, 1.807) is 7.11 Å². The summed E-state index contributed by atoms with van der Waals surface area (Å²) in [6.07, 6.45) is 6.40. The Morgan fingerprint density at radius 3 is 2.45 bits per heavy atom. The Morgan fingerprint density at radius 2 is 1.68 bits per heavy atom. The number of methoxy groups -OCH3 is 1. The smallest absolute Gasteiger partial charge is 0.125 e. The second-order valence-corrected chi connectivity index (χ2v) is 7.95. The number of anilines is 2. The number of nitrogens with one attached hydrogen (secondary N) is 2. The van der Waals surface area contributed by atoms with E-state index in [4.69, 9.17) is 21.3 Å². The molecule has 0 aliphatic carbocycles. The van der Waals surface area contributed by atoms with Crippen molar-refractivity contribution < 1.29 is 4.74 Å². The molecule has 0 bridgehead atoms. The Morgan fingerprint density at radius 1 is 0.839 bits per heavy atom. The van der Waals surface area contributed by atoms with Gasteiger partial charge in [-0.3, -0.25) is 0 Å². The molecule has 31 heavy (non-hydrogen) atoms. The maximum atomic E-state index is 6.21. The predicted molar refractivity (Wildman–Crippen MR) is 130 cm³/mol. The second kappa shape index (κ2) is 10.3. The van der Waals surface area contributed by atoms with Gasteiger partial charge in [0.15, 0.2) is 0 Å². The van der Waals surface area contributed by atoms with Crippen LogP contribution in [0.25, 0.3) is 21.8 Å². The van der Waals surface area contributed by atoms with E-state index in [1.807, 2.05) is 60.8 Å². The molecule has 0 saturated heterocycles. The average molecular weight is 435 g/mol. The van der Waals surface area contributed by atoms with Crippen LogP contribution in [0.1, 0.15) is 25.7 Å². The van der Waals surface area contributed by atoms with Crippen LogP contribution in [-0.2, 0) is 0 Å². The summed E-state index contributed by atoms with van der Waals surface area (Å²) in [4.78, 5) is 9.07. The molecular weight excluding hydrogens is 408 g/mol. The van der Waals surface area contributed by atoms with E-state index in [2.05, 4.69) is 15.6 Å². The van der Waals surface area contributed by atoms with Crippen molar-refractivity contribution in [2.24, 2.45) is 0 Å². The van der Waals surface area contributed by atoms with Crippen LogP contribution in [0.15, 0.2) is 60.8 Å². The Labute approximate surface area is 187 Å². The van der Waals surface area contributed by atoms with Gasteiger partial charge in [-0.1, -0.05) is 30.5 Å². The van der Waals surface area contributed by atoms with Gasteiger partial charge in [0.1, 0.15) is 11.6 Å². The topological polar surface area (TPSA) is 59.1 Å². The molecule has 2 aromatic carbocycles. The van der Waals surface area contributed by atoms with Crippen molar-refractivity contribution in [3.05, 3.63) is 65.8 Å². The highest BCUT2D eigenvalue weighted by atomic mass is 35.5. The summed E-state index contributed by atoms with van der Waals surface area (Å²) in [6, 6.07) is 17.8. The molecule has 0 radical (unpaired) electrons. The Bertz CT molecular complexity index is 1150. The number of hydrogen-bond donors (Lipinski definition) is 2. The fourth-order valence-electron chi connectivity index (χ4n) is 3.71. The number of ether oxygens (including phenoxy) is 1. The van der Waals surface area contributed by atoms with E-state index in [-0.39, 0.29) is 0 Å². The third kappa shape index (κ3) is 5.36. The minimum Gasteiger partial charge on any atom is -0.497 e. The molecule has 0 fully saturated rings. The van der Waals surface area contributed by atoms with Crippen LogP contribution in [0.3, 0.4) is 0 Å². The molecule has 0 atom stereocenters. The minimum atomic E-state index is 0.693. The van der Waals surface area contributed by atoms with Crippen molar-refractivity contribution in [2.45, 2.75) is 25.7 Å². The molecule has 4 aromatic rings. The normalized spacial score (nSPS) is 11.0. The molecule has 0 aliphatic heterocycles. The van der Waals surface area contributed by atoms with Gasteiger partial charge < -0.3 is 15.4 Å². The highest BCUT2D eigenvalue weighted by Gasteiger charge is 2.10. The van der Waals surface area contributed by atoms with Crippen LogP contribution in [0.5, 0.6) is 5.75 Å². The summed E-state index contributed by atoms with van der Waals surface area (Å²) < 4.78 is 5.43. The molecule has 2 heterocycles. The van der Waals surface area contributed by atoms with E-state index in [0.717, 1.165) is 65.0 Å². The summed E-state index contributed by atoms with van der Waals surface area (Å²) in [5, 5.41) is 9.84. The van der Waals surface area contributed by atoms with Crippen LogP contribution < -0.4 is 15.4 Å². The molecule has 0 unspecified atom stereocenters. The lowest BCUT2D eigenvalue weighted by atomic mass is 10.1. The number of benzene rings is 2. The summed E-state index contributed by atoms with van der Waals surface area (Å²) in [5.74, 6) is 1.77. The third-order valence-corrected chi connectivity index (χ3v) is 5.55. The summed E-state index contributed by atoms with van der Waals surface area (Å²) in [7, 11) is 1.69. The maximum absolute atomic E-state index is 6.21. The van der Waals surface area contributed by atoms with Gasteiger partial charge in [-0.15, -0.1) is 0 Å². The molecule has 0 amide bonds. The van der Waals surface area contributed by atoms with Crippen molar-refractivity contribution in [3.63, 3.8) is 0 Å². The fraction of sp³-hybridized carbons (Fsp3) is 0.280. The number of aromatic nitrogens is 2. The molecule has 160 valence electrons. The van der Waals surface area contributed by atoms with Gasteiger partial charge in [0.25, 0.3) is 0 Å². The number of pyridine rings is 2. The number of fused-ring (bicyclic) bond motifs is 2. The zero-order valence-corrected chi connectivity index (χ0v) is 18.5. The van der Waals surface area contributed by atoms with Gasteiger partial charge in [0, 0.05) is 35.1 Å². The van der Waals surface area contributed by atoms with Crippen LogP contribution in [0, 0.1) is 0 Å². The van der Waals surface area contributed by atoms with Gasteiger partial charge in [-0.05, 0) is 61.4 Å². The van der Waals surface area contributed by atoms with Crippen molar-refractivity contribution in [1.29, 1.82) is 0 Å². The number of halogens is 1. The van der Waals surface area contributed by atoms with E-state index in [9.17, 15) is 0 Å². The molecule has 2 aromatic heterocycles. The number of nitrogens with zero attached hydrogens (tertiary/aromatic N) is 2. The first-order chi connectivity index (χ1) is 15.2. The number of rotatable bonds is 10. The third-order valence-electron chi connectivity index (χ3n) is 5.32. The van der Waals surface area contributed by atoms with Crippen LogP contribution >= 0.6 is 11.6 Å². The highest BCUT2D eigenvalue weighted by Crippen LogP contribution is 2.34. The first-order valence-corrected chi connectivity index (χ1v) is 11.1. The lowest BCUT2D eigenvalue weighted by Crippen LogP contribution is -2.05. The molecule has 0 aliphatic rings. The van der Waals surface area contributed by atoms with Gasteiger partial charge in [-0.25, -0.2) is 9.97 Å². The quantitative estimate of drug-likeness (QED) is 0.219. The molecule has 5 nitrogen and oxygen atoms in total. The van der Waals surface area contributed by atoms with Crippen molar-refractivity contribution in [1.82, 2.24) is 9.97 Å². The number of hydrogen-bond acceptors (Lipinski definition) is 5. The molecule has 0 spiro atoms. The summed E-state index contributed by atoms with van der Waals surface area (Å²) in [6.45, 7) is 1.85. The van der Waals surface area contributed by atoms with E-state index in [0.29, 0.717) is 5.02 Å². The Hall–Kier alpha value is -3.05. The summed E-state index contributed by atoms with van der Waals surface area (Å²) >= 11 is 6.21. The standard InChI is InChI=1S/C25H27ClN4O/c1-31-19-10-12-22-21(17-19)25(20-11-9-18(26)16-23(20)30-22)29-15-6-3-2-5-13-27-24-8-4-7-14-28-24/h4,7-12,14,16-17H,2-3,5-6,13,15H2,1H3,(H,27,28)(H,29,30). The van der Waals surface area contributed by atoms with Gasteiger partial charge in [0.05, 0.1) is 23.8 Å². The van der Waals surface area contributed by atoms with Gasteiger partial charge in [-0.2, -0.15) is 0 Å². The van der Waals surface area contributed by atoms with Crippen molar-refractivity contribution >= 4 is 44.9 Å². The Kier molecular flexibility index (Phi) is 7.05. The van der Waals surface area contributed by atoms with E-state index >= 15 is 0 Å². The van der Waals surface area contributed by atoms with Gasteiger partial charge in [0.2, 0.25) is 0 Å². The first-order valence-electron chi connectivity index (χ1n) is 10.7. The zero-order valence-electron chi connectivity index (χ0n) is 17.7. The molecular formula is C25H27ClN4O. The number of unbranched alkanes of at least 4 members (excludes halogenated alkanes) is 3. The van der Waals surface area contributed by atoms with Crippen LogP contribution in [-0.4, -0.2) is 30.2 Å².